The summed E-state index contributed by atoms with van der Waals surface area (Å²) >= 11 is 0. The molecule has 1 aromatic rings. The molecular formula is C19H27F3N4O3. The smallest absolute Gasteiger partial charge is 0.475 e. The number of hydrogen-bond donors (Lipinski definition) is 3. The van der Waals surface area contributed by atoms with E-state index in [1.165, 1.54) is 6.42 Å². The van der Waals surface area contributed by atoms with Gasteiger partial charge in [0, 0.05) is 36.2 Å². The number of carbonyl (C=O) groups excluding carboxylic acids is 1. The number of anilines is 1. The SMILES string of the molecule is CC(C)(C)c1ccc(NC(=O)N2CCC3(CCNC3)C2)cn1.O=C(O)C(F)(F)F. The Hall–Kier alpha value is -2.36. The third kappa shape index (κ3) is 6.31. The Kier molecular flexibility index (Phi) is 6.77. The number of nitrogens with zero attached hydrogens (tertiary/aromatic N) is 2. The van der Waals surface area contributed by atoms with Crippen molar-refractivity contribution in [3.8, 4) is 0 Å². The van der Waals surface area contributed by atoms with E-state index in [0.29, 0.717) is 5.41 Å². The molecule has 7 nitrogen and oxygen atoms in total. The lowest BCUT2D eigenvalue weighted by Gasteiger charge is -2.23. The van der Waals surface area contributed by atoms with Crippen LogP contribution in [-0.4, -0.2) is 59.3 Å². The fourth-order valence-electron chi connectivity index (χ4n) is 3.37. The van der Waals surface area contributed by atoms with Gasteiger partial charge in [-0.3, -0.25) is 4.98 Å². The molecule has 1 unspecified atom stereocenters. The highest BCUT2D eigenvalue weighted by molar-refractivity contribution is 5.89. The quantitative estimate of drug-likeness (QED) is 0.654. The van der Waals surface area contributed by atoms with Crippen LogP contribution in [0.2, 0.25) is 0 Å². The van der Waals surface area contributed by atoms with Crippen LogP contribution in [0.1, 0.15) is 39.3 Å². The number of nitrogens with one attached hydrogen (secondary N) is 2. The van der Waals surface area contributed by atoms with Gasteiger partial charge in [0.1, 0.15) is 0 Å². The lowest BCUT2D eigenvalue weighted by Crippen LogP contribution is -2.36. The molecule has 0 aliphatic carbocycles. The van der Waals surface area contributed by atoms with E-state index in [9.17, 15) is 18.0 Å². The fourth-order valence-corrected chi connectivity index (χ4v) is 3.37. The number of aromatic nitrogens is 1. The number of rotatable bonds is 1. The molecule has 2 saturated heterocycles. The number of carboxylic acid groups (broad SMARTS) is 1. The highest BCUT2D eigenvalue weighted by Gasteiger charge is 2.42. The minimum Gasteiger partial charge on any atom is -0.475 e. The molecule has 3 heterocycles. The van der Waals surface area contributed by atoms with Crippen LogP contribution >= 0.6 is 0 Å². The first kappa shape index (κ1) is 22.9. The first-order valence-electron chi connectivity index (χ1n) is 9.36. The average molecular weight is 416 g/mol. The van der Waals surface area contributed by atoms with E-state index in [1.54, 1.807) is 6.20 Å². The molecule has 0 bridgehead atoms. The molecular weight excluding hydrogens is 389 g/mol. The topological polar surface area (TPSA) is 94.6 Å². The summed E-state index contributed by atoms with van der Waals surface area (Å²) in [6.07, 6.45) is -1.05. The predicted octanol–water partition coefficient (Wildman–Crippen LogP) is 3.23. The van der Waals surface area contributed by atoms with E-state index in [0.717, 1.165) is 44.0 Å². The molecule has 1 atom stereocenters. The number of aliphatic carboxylic acids is 1. The second-order valence-corrected chi connectivity index (χ2v) is 8.51. The zero-order chi connectivity index (χ0) is 21.9. The first-order valence-corrected chi connectivity index (χ1v) is 9.36. The molecule has 2 fully saturated rings. The van der Waals surface area contributed by atoms with E-state index in [-0.39, 0.29) is 11.4 Å². The number of likely N-dealkylation sites (tertiary alicyclic amines) is 1. The summed E-state index contributed by atoms with van der Waals surface area (Å²) in [6.45, 7) is 10.2. The Morgan fingerprint density at radius 2 is 1.90 bits per heavy atom. The number of carbonyl (C=O) groups is 2. The maximum Gasteiger partial charge on any atom is 0.490 e. The summed E-state index contributed by atoms with van der Waals surface area (Å²) in [6, 6.07) is 3.92. The number of alkyl halides is 3. The minimum absolute atomic E-state index is 0.00548. The van der Waals surface area contributed by atoms with E-state index >= 15 is 0 Å². The lowest BCUT2D eigenvalue weighted by atomic mass is 9.87. The summed E-state index contributed by atoms with van der Waals surface area (Å²) in [7, 11) is 0. The molecule has 1 aromatic heterocycles. The Labute approximate surface area is 167 Å². The second-order valence-electron chi connectivity index (χ2n) is 8.51. The molecule has 29 heavy (non-hydrogen) atoms. The van der Waals surface area contributed by atoms with Crippen LogP contribution < -0.4 is 10.6 Å². The van der Waals surface area contributed by atoms with E-state index in [4.69, 9.17) is 9.90 Å². The molecule has 0 aromatic carbocycles. The summed E-state index contributed by atoms with van der Waals surface area (Å²) in [5.41, 5.74) is 2.14. The van der Waals surface area contributed by atoms with E-state index in [2.05, 4.69) is 36.4 Å². The number of hydrogen-bond acceptors (Lipinski definition) is 4. The molecule has 3 N–H and O–H groups in total. The standard InChI is InChI=1S/C17H26N4O.C2HF3O2/c1-16(2,3)14-5-4-13(10-19-14)20-15(22)21-9-7-17(12-21)6-8-18-11-17;3-2(4,5)1(6)7/h4-5,10,18H,6-9,11-12H2,1-3H3,(H,20,22);(H,6,7). The van der Waals surface area contributed by atoms with Crippen LogP contribution in [0.25, 0.3) is 0 Å². The third-order valence-corrected chi connectivity index (χ3v) is 5.08. The van der Waals surface area contributed by atoms with Crippen molar-refractivity contribution >= 4 is 17.7 Å². The average Bonchev–Trinajstić information content (AvgIpc) is 3.24. The van der Waals surface area contributed by atoms with Gasteiger partial charge < -0.3 is 20.6 Å². The normalized spacial score (nSPS) is 21.7. The Balaban J connectivity index is 0.000000370. The fraction of sp³-hybridized carbons (Fsp3) is 0.632. The van der Waals surface area contributed by atoms with Gasteiger partial charge in [0.25, 0.3) is 0 Å². The van der Waals surface area contributed by atoms with Gasteiger partial charge in [0.2, 0.25) is 0 Å². The van der Waals surface area contributed by atoms with Gasteiger partial charge >= 0.3 is 18.2 Å². The summed E-state index contributed by atoms with van der Waals surface area (Å²) in [5, 5.41) is 13.5. The molecule has 162 valence electrons. The van der Waals surface area contributed by atoms with Crippen LogP contribution in [0.4, 0.5) is 23.7 Å². The number of pyridine rings is 1. The van der Waals surface area contributed by atoms with Gasteiger partial charge in [-0.05, 0) is 31.5 Å². The minimum atomic E-state index is -5.08. The Morgan fingerprint density at radius 3 is 2.34 bits per heavy atom. The van der Waals surface area contributed by atoms with Gasteiger partial charge in [-0.15, -0.1) is 0 Å². The molecule has 2 aliphatic rings. The van der Waals surface area contributed by atoms with Crippen molar-refractivity contribution in [1.82, 2.24) is 15.2 Å². The zero-order valence-corrected chi connectivity index (χ0v) is 16.8. The maximum atomic E-state index is 12.4. The molecule has 1 spiro atoms. The van der Waals surface area contributed by atoms with Crippen molar-refractivity contribution in [2.45, 2.75) is 45.2 Å². The molecule has 0 radical (unpaired) electrons. The zero-order valence-electron chi connectivity index (χ0n) is 16.8. The number of urea groups is 1. The van der Waals surface area contributed by atoms with Crippen molar-refractivity contribution in [3.05, 3.63) is 24.0 Å². The molecule has 0 saturated carbocycles. The number of carboxylic acids is 1. The van der Waals surface area contributed by atoms with Gasteiger partial charge in [-0.25, -0.2) is 9.59 Å². The molecule has 3 rings (SSSR count). The molecule has 10 heteroatoms. The number of amides is 2. The van der Waals surface area contributed by atoms with Crippen LogP contribution in [0, 0.1) is 5.41 Å². The lowest BCUT2D eigenvalue weighted by molar-refractivity contribution is -0.192. The molecule has 2 amide bonds. The largest absolute Gasteiger partial charge is 0.490 e. The van der Waals surface area contributed by atoms with Gasteiger partial charge in [-0.1, -0.05) is 20.8 Å². The number of halogens is 3. The van der Waals surface area contributed by atoms with Crippen LogP contribution in [0.15, 0.2) is 18.3 Å². The van der Waals surface area contributed by atoms with Crippen molar-refractivity contribution in [2.75, 3.05) is 31.5 Å². The summed E-state index contributed by atoms with van der Waals surface area (Å²) < 4.78 is 31.7. The van der Waals surface area contributed by atoms with E-state index in [1.807, 2.05) is 17.0 Å². The van der Waals surface area contributed by atoms with Crippen molar-refractivity contribution in [3.63, 3.8) is 0 Å². The second kappa shape index (κ2) is 8.56. The van der Waals surface area contributed by atoms with E-state index < -0.39 is 12.1 Å². The van der Waals surface area contributed by atoms with Crippen molar-refractivity contribution in [1.29, 1.82) is 0 Å². The maximum absolute atomic E-state index is 12.4. The highest BCUT2D eigenvalue weighted by atomic mass is 19.4. The van der Waals surface area contributed by atoms with Crippen molar-refractivity contribution < 1.29 is 27.9 Å². The summed E-state index contributed by atoms with van der Waals surface area (Å²) in [4.78, 5) is 27.7. The monoisotopic (exact) mass is 416 g/mol. The Morgan fingerprint density at radius 1 is 1.24 bits per heavy atom. The molecule has 2 aliphatic heterocycles. The predicted molar refractivity (Wildman–Crippen MR) is 102 cm³/mol. The van der Waals surface area contributed by atoms with Crippen LogP contribution in [-0.2, 0) is 10.2 Å². The highest BCUT2D eigenvalue weighted by Crippen LogP contribution is 2.36. The first-order chi connectivity index (χ1) is 13.3. The summed E-state index contributed by atoms with van der Waals surface area (Å²) in [5.74, 6) is -2.76. The Bertz CT molecular complexity index is 724. The van der Waals surface area contributed by atoms with Gasteiger partial charge in [0.05, 0.1) is 11.9 Å². The van der Waals surface area contributed by atoms with Crippen LogP contribution in [0.5, 0.6) is 0 Å². The van der Waals surface area contributed by atoms with Crippen molar-refractivity contribution in [2.24, 2.45) is 5.41 Å². The van der Waals surface area contributed by atoms with Crippen LogP contribution in [0.3, 0.4) is 0 Å². The van der Waals surface area contributed by atoms with Gasteiger partial charge in [0.15, 0.2) is 0 Å². The van der Waals surface area contributed by atoms with Gasteiger partial charge in [-0.2, -0.15) is 13.2 Å². The third-order valence-electron chi connectivity index (χ3n) is 5.08.